The van der Waals surface area contributed by atoms with Crippen LogP contribution in [0.25, 0.3) is 11.8 Å². The van der Waals surface area contributed by atoms with Crippen molar-refractivity contribution in [2.45, 2.75) is 13.8 Å². The van der Waals surface area contributed by atoms with Gasteiger partial charge in [0.25, 0.3) is 11.8 Å². The van der Waals surface area contributed by atoms with E-state index in [-0.39, 0.29) is 20.7 Å². The predicted octanol–water partition coefficient (Wildman–Crippen LogP) is 4.63. The highest BCUT2D eigenvalue weighted by atomic mass is 35.5. The standard InChI is InChI=1S/C22H16Cl2N4O2S/c1-12-10-14(13(2)27(12)15-6-8-25-9-7-15)11-16-20(29)26-22(31)28(21(16)30)18-5-3-4-17(23)19(18)24/h3-11H,1-2H3,(H,26,29,31)/b16-11-. The van der Waals surface area contributed by atoms with Crippen LogP contribution in [-0.4, -0.2) is 26.5 Å². The van der Waals surface area contributed by atoms with E-state index in [4.69, 9.17) is 35.4 Å². The molecule has 0 spiro atoms. The predicted molar refractivity (Wildman–Crippen MR) is 126 cm³/mol. The average molecular weight is 471 g/mol. The molecule has 1 aliphatic rings. The number of carbonyl (C=O) groups excluding carboxylic acids is 2. The zero-order valence-corrected chi connectivity index (χ0v) is 18.8. The Kier molecular flexibility index (Phi) is 5.66. The lowest BCUT2D eigenvalue weighted by molar-refractivity contribution is -0.122. The van der Waals surface area contributed by atoms with Crippen LogP contribution < -0.4 is 10.2 Å². The Bertz CT molecular complexity index is 1270. The molecule has 2 aromatic heterocycles. The topological polar surface area (TPSA) is 67.2 Å². The van der Waals surface area contributed by atoms with Crippen molar-refractivity contribution in [3.63, 3.8) is 0 Å². The number of rotatable bonds is 3. The van der Waals surface area contributed by atoms with Crippen LogP contribution in [0, 0.1) is 13.8 Å². The summed E-state index contributed by atoms with van der Waals surface area (Å²) >= 11 is 17.6. The fourth-order valence-electron chi connectivity index (χ4n) is 3.52. The molecule has 0 radical (unpaired) electrons. The molecule has 31 heavy (non-hydrogen) atoms. The van der Waals surface area contributed by atoms with Crippen molar-refractivity contribution < 1.29 is 9.59 Å². The summed E-state index contributed by atoms with van der Waals surface area (Å²) < 4.78 is 2.02. The number of aromatic nitrogens is 2. The summed E-state index contributed by atoms with van der Waals surface area (Å²) in [5, 5.41) is 2.95. The molecule has 1 fully saturated rings. The van der Waals surface area contributed by atoms with Crippen LogP contribution in [0.5, 0.6) is 0 Å². The summed E-state index contributed by atoms with van der Waals surface area (Å²) in [5.74, 6) is -1.15. The third-order valence-electron chi connectivity index (χ3n) is 4.96. The van der Waals surface area contributed by atoms with Gasteiger partial charge in [0.05, 0.1) is 15.7 Å². The van der Waals surface area contributed by atoms with Gasteiger partial charge in [-0.25, -0.2) is 0 Å². The molecule has 156 valence electrons. The summed E-state index contributed by atoms with van der Waals surface area (Å²) in [6.07, 6.45) is 4.97. The molecule has 0 unspecified atom stereocenters. The molecule has 4 rings (SSSR count). The van der Waals surface area contributed by atoms with Gasteiger partial charge in [-0.3, -0.25) is 24.8 Å². The first-order valence-electron chi connectivity index (χ1n) is 9.24. The highest BCUT2D eigenvalue weighted by Gasteiger charge is 2.36. The van der Waals surface area contributed by atoms with Gasteiger partial charge >= 0.3 is 0 Å². The Morgan fingerprint density at radius 1 is 1.10 bits per heavy atom. The van der Waals surface area contributed by atoms with E-state index >= 15 is 0 Å². The van der Waals surface area contributed by atoms with E-state index in [0.29, 0.717) is 5.69 Å². The van der Waals surface area contributed by atoms with E-state index in [2.05, 4.69) is 10.3 Å². The Balaban J connectivity index is 1.79. The molecule has 1 saturated heterocycles. The first-order valence-corrected chi connectivity index (χ1v) is 10.4. The van der Waals surface area contributed by atoms with Gasteiger partial charge in [-0.1, -0.05) is 29.3 Å². The van der Waals surface area contributed by atoms with E-state index in [1.54, 1.807) is 36.7 Å². The zero-order valence-electron chi connectivity index (χ0n) is 16.5. The minimum Gasteiger partial charge on any atom is -0.318 e. The van der Waals surface area contributed by atoms with Gasteiger partial charge < -0.3 is 4.57 Å². The van der Waals surface area contributed by atoms with Crippen LogP contribution in [0.2, 0.25) is 10.0 Å². The van der Waals surface area contributed by atoms with Gasteiger partial charge in [0.2, 0.25) is 0 Å². The molecule has 2 amide bonds. The molecule has 0 bridgehead atoms. The van der Waals surface area contributed by atoms with Crippen LogP contribution in [0.1, 0.15) is 17.0 Å². The first-order chi connectivity index (χ1) is 14.8. The fourth-order valence-corrected chi connectivity index (χ4v) is 4.18. The molecular weight excluding hydrogens is 455 g/mol. The van der Waals surface area contributed by atoms with Crippen LogP contribution in [0.15, 0.2) is 54.4 Å². The second-order valence-electron chi connectivity index (χ2n) is 6.90. The molecular formula is C22H16Cl2N4O2S. The van der Waals surface area contributed by atoms with Crippen molar-refractivity contribution in [1.29, 1.82) is 0 Å². The average Bonchev–Trinajstić information content (AvgIpc) is 3.02. The van der Waals surface area contributed by atoms with Crippen molar-refractivity contribution >= 4 is 64.1 Å². The zero-order chi connectivity index (χ0) is 22.3. The maximum atomic E-state index is 13.3. The number of nitrogens with one attached hydrogen (secondary N) is 1. The molecule has 6 nitrogen and oxygen atoms in total. The van der Waals surface area contributed by atoms with Gasteiger partial charge in [-0.2, -0.15) is 0 Å². The normalized spacial score (nSPS) is 15.5. The van der Waals surface area contributed by atoms with Crippen molar-refractivity contribution in [3.8, 4) is 5.69 Å². The number of thiocarbonyl (C=S) groups is 1. The molecule has 1 N–H and O–H groups in total. The smallest absolute Gasteiger partial charge is 0.270 e. The number of carbonyl (C=O) groups is 2. The van der Waals surface area contributed by atoms with E-state index in [9.17, 15) is 9.59 Å². The molecule has 0 saturated carbocycles. The van der Waals surface area contributed by atoms with Gasteiger partial charge in [0.15, 0.2) is 5.11 Å². The van der Waals surface area contributed by atoms with E-state index in [0.717, 1.165) is 22.6 Å². The minimum atomic E-state index is -0.577. The Morgan fingerprint density at radius 3 is 2.52 bits per heavy atom. The first kappa shape index (κ1) is 21.2. The number of pyridine rings is 1. The second-order valence-corrected chi connectivity index (χ2v) is 8.07. The van der Waals surface area contributed by atoms with Gasteiger partial charge in [-0.15, -0.1) is 0 Å². The molecule has 1 aromatic carbocycles. The fraction of sp³-hybridized carbons (Fsp3) is 0.0909. The van der Waals surface area contributed by atoms with Crippen LogP contribution in [0.3, 0.4) is 0 Å². The quantitative estimate of drug-likeness (QED) is 0.344. The number of anilines is 1. The summed E-state index contributed by atoms with van der Waals surface area (Å²) in [6.45, 7) is 3.87. The Labute approximate surface area is 194 Å². The minimum absolute atomic E-state index is 0.0559. The molecule has 9 heteroatoms. The Hall–Kier alpha value is -3.00. The highest BCUT2D eigenvalue weighted by Crippen LogP contribution is 2.34. The lowest BCUT2D eigenvalue weighted by atomic mass is 10.1. The number of halogens is 2. The molecule has 0 aliphatic carbocycles. The third-order valence-corrected chi connectivity index (χ3v) is 6.06. The maximum absolute atomic E-state index is 13.3. The lowest BCUT2D eigenvalue weighted by Crippen LogP contribution is -2.54. The number of hydrogen-bond acceptors (Lipinski definition) is 4. The van der Waals surface area contributed by atoms with Gasteiger partial charge in [0.1, 0.15) is 5.57 Å². The lowest BCUT2D eigenvalue weighted by Gasteiger charge is -2.29. The van der Waals surface area contributed by atoms with E-state index in [1.165, 1.54) is 4.90 Å². The largest absolute Gasteiger partial charge is 0.318 e. The molecule has 3 aromatic rings. The summed E-state index contributed by atoms with van der Waals surface area (Å²) in [4.78, 5) is 31.1. The monoisotopic (exact) mass is 470 g/mol. The van der Waals surface area contributed by atoms with Crippen molar-refractivity contribution in [2.75, 3.05) is 4.90 Å². The van der Waals surface area contributed by atoms with Crippen LogP contribution in [-0.2, 0) is 9.59 Å². The molecule has 1 aliphatic heterocycles. The number of hydrogen-bond donors (Lipinski definition) is 1. The SMILES string of the molecule is Cc1cc(/C=C2/C(=O)NC(=S)N(c3cccc(Cl)c3Cl)C2=O)c(C)n1-c1ccncc1. The number of amides is 2. The van der Waals surface area contributed by atoms with E-state index < -0.39 is 11.8 Å². The van der Waals surface area contributed by atoms with Crippen LogP contribution >= 0.6 is 35.4 Å². The summed E-state index contributed by atoms with van der Waals surface area (Å²) in [6, 6.07) is 10.6. The molecule has 3 heterocycles. The van der Waals surface area contributed by atoms with Crippen molar-refractivity contribution in [3.05, 3.63) is 81.4 Å². The van der Waals surface area contributed by atoms with Gasteiger partial charge in [0, 0.05) is 29.5 Å². The van der Waals surface area contributed by atoms with E-state index in [1.807, 2.05) is 36.6 Å². The third kappa shape index (κ3) is 3.76. The van der Waals surface area contributed by atoms with Gasteiger partial charge in [-0.05, 0) is 68.0 Å². The van der Waals surface area contributed by atoms with Crippen molar-refractivity contribution in [1.82, 2.24) is 14.9 Å². The number of benzene rings is 1. The highest BCUT2D eigenvalue weighted by molar-refractivity contribution is 7.80. The maximum Gasteiger partial charge on any atom is 0.270 e. The Morgan fingerprint density at radius 2 is 1.81 bits per heavy atom. The number of aryl methyl sites for hydroxylation is 1. The van der Waals surface area contributed by atoms with Crippen molar-refractivity contribution in [2.24, 2.45) is 0 Å². The molecule has 0 atom stereocenters. The summed E-state index contributed by atoms with van der Waals surface area (Å²) in [7, 11) is 0. The second kappa shape index (κ2) is 8.26. The van der Waals surface area contributed by atoms with Crippen LogP contribution in [0.4, 0.5) is 5.69 Å². The summed E-state index contributed by atoms with van der Waals surface area (Å²) in [5.41, 5.74) is 3.74. The number of nitrogens with zero attached hydrogens (tertiary/aromatic N) is 3.